The van der Waals surface area contributed by atoms with Gasteiger partial charge in [-0.15, -0.1) is 0 Å². The van der Waals surface area contributed by atoms with Gasteiger partial charge in [0.1, 0.15) is 6.04 Å². The molecule has 36 heavy (non-hydrogen) atoms. The van der Waals surface area contributed by atoms with Gasteiger partial charge in [0.25, 0.3) is 0 Å². The van der Waals surface area contributed by atoms with Gasteiger partial charge in [-0.25, -0.2) is 0 Å². The van der Waals surface area contributed by atoms with Crippen molar-refractivity contribution in [3.8, 4) is 0 Å². The molecule has 1 aliphatic carbocycles. The Kier molecular flexibility index (Phi) is 9.57. The van der Waals surface area contributed by atoms with Crippen LogP contribution in [0.15, 0.2) is 84.9 Å². The second-order valence-corrected chi connectivity index (χ2v) is 10.1. The van der Waals surface area contributed by atoms with E-state index in [2.05, 4.69) is 5.32 Å². The lowest BCUT2D eigenvalue weighted by atomic mass is 9.94. The number of nitrogens with zero attached hydrogens (tertiary/aromatic N) is 1. The molecule has 0 spiro atoms. The van der Waals surface area contributed by atoms with E-state index in [-0.39, 0.29) is 17.9 Å². The van der Waals surface area contributed by atoms with Crippen LogP contribution in [0.3, 0.4) is 0 Å². The Morgan fingerprint density at radius 3 is 2.06 bits per heavy atom. The Morgan fingerprint density at radius 1 is 0.806 bits per heavy atom. The van der Waals surface area contributed by atoms with Crippen molar-refractivity contribution in [2.45, 2.75) is 70.0 Å². The van der Waals surface area contributed by atoms with Crippen molar-refractivity contribution < 1.29 is 9.59 Å². The fourth-order valence-electron chi connectivity index (χ4n) is 4.92. The van der Waals surface area contributed by atoms with Gasteiger partial charge in [0.2, 0.25) is 11.8 Å². The molecule has 1 atom stereocenters. The molecule has 0 radical (unpaired) electrons. The zero-order chi connectivity index (χ0) is 25.2. The number of rotatable bonds is 10. The topological polar surface area (TPSA) is 49.4 Å². The van der Waals surface area contributed by atoms with E-state index < -0.39 is 6.04 Å². The summed E-state index contributed by atoms with van der Waals surface area (Å²) in [4.78, 5) is 29.3. The van der Waals surface area contributed by atoms with E-state index in [1.807, 2.05) is 84.9 Å². The maximum atomic E-state index is 13.8. The second kappa shape index (κ2) is 13.3. The predicted molar refractivity (Wildman–Crippen MR) is 146 cm³/mol. The van der Waals surface area contributed by atoms with E-state index in [4.69, 9.17) is 11.6 Å². The van der Waals surface area contributed by atoms with Crippen LogP contribution >= 0.6 is 11.6 Å². The first-order chi connectivity index (χ1) is 17.6. The Hall–Kier alpha value is -3.11. The van der Waals surface area contributed by atoms with E-state index in [9.17, 15) is 9.59 Å². The van der Waals surface area contributed by atoms with Gasteiger partial charge in [0.05, 0.1) is 0 Å². The number of amides is 2. The van der Waals surface area contributed by atoms with Crippen LogP contribution in [0.5, 0.6) is 0 Å². The van der Waals surface area contributed by atoms with Crippen LogP contribution < -0.4 is 5.32 Å². The molecule has 3 aromatic rings. The van der Waals surface area contributed by atoms with Crippen LogP contribution in [0.2, 0.25) is 5.02 Å². The lowest BCUT2D eigenvalue weighted by Gasteiger charge is -2.33. The highest BCUT2D eigenvalue weighted by Crippen LogP contribution is 2.21. The number of nitrogens with one attached hydrogen (secondary N) is 1. The summed E-state index contributed by atoms with van der Waals surface area (Å²) in [5.41, 5.74) is 3.11. The minimum atomic E-state index is -0.590. The number of carbonyl (C=O) groups is 2. The summed E-state index contributed by atoms with van der Waals surface area (Å²) in [5, 5.41) is 3.94. The number of halogens is 1. The van der Waals surface area contributed by atoms with Gasteiger partial charge >= 0.3 is 0 Å². The molecule has 188 valence electrons. The first-order valence-corrected chi connectivity index (χ1v) is 13.4. The third-order valence-electron chi connectivity index (χ3n) is 6.96. The number of aryl methyl sites for hydroxylation is 1. The van der Waals surface area contributed by atoms with E-state index in [1.165, 1.54) is 6.42 Å². The molecule has 4 nitrogen and oxygen atoms in total. The molecule has 0 aliphatic heterocycles. The normalized spacial score (nSPS) is 14.7. The molecular formula is C31H35ClN2O2. The third-order valence-corrected chi connectivity index (χ3v) is 7.21. The summed E-state index contributed by atoms with van der Waals surface area (Å²) in [7, 11) is 0. The van der Waals surface area contributed by atoms with E-state index in [0.29, 0.717) is 30.8 Å². The molecule has 0 aromatic heterocycles. The summed E-state index contributed by atoms with van der Waals surface area (Å²) in [6.45, 7) is 0.361. The van der Waals surface area contributed by atoms with Crippen molar-refractivity contribution in [3.05, 3.63) is 107 Å². The summed E-state index contributed by atoms with van der Waals surface area (Å²) < 4.78 is 0. The van der Waals surface area contributed by atoms with Crippen LogP contribution in [-0.2, 0) is 29.0 Å². The van der Waals surface area contributed by atoms with Gasteiger partial charge < -0.3 is 10.2 Å². The molecule has 3 aromatic carbocycles. The summed E-state index contributed by atoms with van der Waals surface area (Å²) >= 11 is 6.11. The highest BCUT2D eigenvalue weighted by Gasteiger charge is 2.31. The van der Waals surface area contributed by atoms with Crippen molar-refractivity contribution >= 4 is 23.4 Å². The molecule has 4 rings (SSSR count). The molecule has 1 unspecified atom stereocenters. The summed E-state index contributed by atoms with van der Waals surface area (Å²) in [6.07, 6.45) is 6.96. The van der Waals surface area contributed by atoms with Crippen molar-refractivity contribution in [2.75, 3.05) is 0 Å². The fraction of sp³-hybridized carbons (Fsp3) is 0.355. The number of hydrogen-bond acceptors (Lipinski definition) is 2. The van der Waals surface area contributed by atoms with Crippen LogP contribution in [0, 0.1) is 0 Å². The maximum Gasteiger partial charge on any atom is 0.243 e. The van der Waals surface area contributed by atoms with Gasteiger partial charge in [0, 0.05) is 30.5 Å². The zero-order valence-electron chi connectivity index (χ0n) is 20.7. The van der Waals surface area contributed by atoms with E-state index >= 15 is 0 Å². The quantitative estimate of drug-likeness (QED) is 0.350. The van der Waals surface area contributed by atoms with E-state index in [0.717, 1.165) is 42.4 Å². The molecule has 0 saturated heterocycles. The van der Waals surface area contributed by atoms with Gasteiger partial charge in [-0.05, 0) is 48.1 Å². The Bertz CT molecular complexity index is 1100. The monoisotopic (exact) mass is 502 g/mol. The second-order valence-electron chi connectivity index (χ2n) is 9.68. The summed E-state index contributed by atoms with van der Waals surface area (Å²) in [5.74, 6) is -0.0821. The molecule has 1 saturated carbocycles. The lowest BCUT2D eigenvalue weighted by Crippen LogP contribution is -2.52. The number of benzene rings is 3. The Morgan fingerprint density at radius 2 is 1.42 bits per heavy atom. The first-order valence-electron chi connectivity index (χ1n) is 13.0. The minimum Gasteiger partial charge on any atom is -0.352 e. The molecule has 1 aliphatic rings. The predicted octanol–water partition coefficient (Wildman–Crippen LogP) is 6.36. The van der Waals surface area contributed by atoms with Gasteiger partial charge in [0.15, 0.2) is 0 Å². The molecule has 2 amide bonds. The summed E-state index contributed by atoms with van der Waals surface area (Å²) in [6, 6.07) is 27.1. The SMILES string of the molecule is O=C(NC1CCCCC1)C(Cc1ccccc1)N(Cc1ccc(Cl)cc1)C(=O)CCc1ccccc1. The largest absolute Gasteiger partial charge is 0.352 e. The van der Waals surface area contributed by atoms with E-state index in [1.54, 1.807) is 4.90 Å². The number of hydrogen-bond donors (Lipinski definition) is 1. The van der Waals surface area contributed by atoms with Crippen molar-refractivity contribution in [3.63, 3.8) is 0 Å². The average Bonchev–Trinajstić information content (AvgIpc) is 2.92. The van der Waals surface area contributed by atoms with Gasteiger partial charge in [-0.1, -0.05) is 104 Å². The Balaban J connectivity index is 1.60. The Labute approximate surface area is 219 Å². The van der Waals surface area contributed by atoms with Crippen LogP contribution in [0.1, 0.15) is 55.2 Å². The van der Waals surface area contributed by atoms with Crippen molar-refractivity contribution in [1.29, 1.82) is 0 Å². The smallest absolute Gasteiger partial charge is 0.243 e. The molecule has 0 bridgehead atoms. The van der Waals surface area contributed by atoms with Crippen LogP contribution in [-0.4, -0.2) is 28.8 Å². The third kappa shape index (κ3) is 7.69. The lowest BCUT2D eigenvalue weighted by molar-refractivity contribution is -0.141. The average molecular weight is 503 g/mol. The maximum absolute atomic E-state index is 13.8. The highest BCUT2D eigenvalue weighted by atomic mass is 35.5. The fourth-order valence-corrected chi connectivity index (χ4v) is 5.05. The zero-order valence-corrected chi connectivity index (χ0v) is 21.5. The standard InChI is InChI=1S/C31H35ClN2O2/c32-27-19-16-26(17-20-27)23-34(30(35)21-18-24-10-4-1-5-11-24)29(22-25-12-6-2-7-13-25)31(36)33-28-14-8-3-9-15-28/h1-2,4-7,10-13,16-17,19-20,28-29H,3,8-9,14-15,18,21-23H2,(H,33,36). The molecule has 1 fully saturated rings. The first kappa shape index (κ1) is 26.0. The molecule has 5 heteroatoms. The van der Waals surface area contributed by atoms with Crippen LogP contribution in [0.4, 0.5) is 0 Å². The number of carbonyl (C=O) groups excluding carboxylic acids is 2. The highest BCUT2D eigenvalue weighted by molar-refractivity contribution is 6.30. The minimum absolute atomic E-state index is 0.0199. The van der Waals surface area contributed by atoms with Crippen molar-refractivity contribution in [1.82, 2.24) is 10.2 Å². The molecule has 0 heterocycles. The molecular weight excluding hydrogens is 468 g/mol. The van der Waals surface area contributed by atoms with Gasteiger partial charge in [-0.2, -0.15) is 0 Å². The van der Waals surface area contributed by atoms with Gasteiger partial charge in [-0.3, -0.25) is 9.59 Å². The molecule has 1 N–H and O–H groups in total. The van der Waals surface area contributed by atoms with Crippen molar-refractivity contribution in [2.24, 2.45) is 0 Å². The van der Waals surface area contributed by atoms with Crippen LogP contribution in [0.25, 0.3) is 0 Å².